The number of hydrogen-bond donors (Lipinski definition) is 1. The summed E-state index contributed by atoms with van der Waals surface area (Å²) < 4.78 is 5.03. The van der Waals surface area contributed by atoms with Gasteiger partial charge in [0.1, 0.15) is 5.54 Å². The van der Waals surface area contributed by atoms with E-state index in [1.54, 1.807) is 7.11 Å². The van der Waals surface area contributed by atoms with Gasteiger partial charge in [-0.2, -0.15) is 5.26 Å². The van der Waals surface area contributed by atoms with Gasteiger partial charge in [0.25, 0.3) is 0 Å². The van der Waals surface area contributed by atoms with Crippen LogP contribution in [0.1, 0.15) is 33.6 Å². The molecule has 1 N–H and O–H groups in total. The summed E-state index contributed by atoms with van der Waals surface area (Å²) in [4.78, 5) is 2.23. The molecule has 0 bridgehead atoms. The van der Waals surface area contributed by atoms with Gasteiger partial charge in [0.05, 0.1) is 12.7 Å². The Kier molecular flexibility index (Phi) is 8.15. The van der Waals surface area contributed by atoms with Crippen LogP contribution in [-0.4, -0.2) is 50.3 Å². The lowest BCUT2D eigenvalue weighted by atomic mass is 9.96. The Morgan fingerprint density at radius 3 is 2.53 bits per heavy atom. The fourth-order valence-electron chi connectivity index (χ4n) is 1.86. The molecule has 0 saturated carbocycles. The van der Waals surface area contributed by atoms with Gasteiger partial charge in [0.2, 0.25) is 0 Å². The van der Waals surface area contributed by atoms with E-state index in [1.165, 1.54) is 0 Å². The van der Waals surface area contributed by atoms with Gasteiger partial charge in [0.15, 0.2) is 0 Å². The zero-order valence-corrected chi connectivity index (χ0v) is 11.9. The summed E-state index contributed by atoms with van der Waals surface area (Å²) in [5, 5.41) is 12.5. The summed E-state index contributed by atoms with van der Waals surface area (Å²) in [6.45, 7) is 8.82. The number of methoxy groups -OCH3 is 1. The van der Waals surface area contributed by atoms with E-state index < -0.39 is 5.54 Å². The molecular weight excluding hydrogens is 214 g/mol. The number of nitrogens with one attached hydrogen (secondary N) is 1. The second-order valence-corrected chi connectivity index (χ2v) is 5.14. The van der Waals surface area contributed by atoms with Crippen molar-refractivity contribution < 1.29 is 4.74 Å². The average molecular weight is 241 g/mol. The van der Waals surface area contributed by atoms with E-state index in [-0.39, 0.29) is 0 Å². The van der Waals surface area contributed by atoms with Crippen molar-refractivity contribution in [1.29, 1.82) is 5.26 Å². The zero-order chi connectivity index (χ0) is 13.3. The van der Waals surface area contributed by atoms with Crippen LogP contribution < -0.4 is 5.32 Å². The van der Waals surface area contributed by atoms with Crippen molar-refractivity contribution in [3.05, 3.63) is 0 Å². The summed E-state index contributed by atoms with van der Waals surface area (Å²) in [5.74, 6) is 0. The molecule has 0 radical (unpaired) electrons. The van der Waals surface area contributed by atoms with Gasteiger partial charge in [-0.25, -0.2) is 0 Å². The minimum Gasteiger partial charge on any atom is -0.383 e. The molecule has 0 rings (SSSR count). The van der Waals surface area contributed by atoms with Gasteiger partial charge >= 0.3 is 0 Å². The SMILES string of the molecule is COCCN(C)CCCC(C)(C#N)NC(C)C. The Morgan fingerprint density at radius 2 is 2.06 bits per heavy atom. The number of ether oxygens (including phenoxy) is 1. The first-order valence-electron chi connectivity index (χ1n) is 6.30. The quantitative estimate of drug-likeness (QED) is 0.666. The second-order valence-electron chi connectivity index (χ2n) is 5.14. The van der Waals surface area contributed by atoms with Crippen LogP contribution in [0.3, 0.4) is 0 Å². The number of nitriles is 1. The van der Waals surface area contributed by atoms with Crippen molar-refractivity contribution in [2.75, 3.05) is 33.9 Å². The molecule has 17 heavy (non-hydrogen) atoms. The molecule has 0 fully saturated rings. The minimum atomic E-state index is -0.406. The van der Waals surface area contributed by atoms with Gasteiger partial charge in [-0.05, 0) is 47.2 Å². The third-order valence-electron chi connectivity index (χ3n) is 2.75. The molecule has 1 atom stereocenters. The Balaban J connectivity index is 3.88. The Hall–Kier alpha value is -0.630. The number of hydrogen-bond acceptors (Lipinski definition) is 4. The van der Waals surface area contributed by atoms with Crippen molar-refractivity contribution >= 4 is 0 Å². The average Bonchev–Trinajstić information content (AvgIpc) is 2.25. The third-order valence-corrected chi connectivity index (χ3v) is 2.75. The first-order valence-corrected chi connectivity index (χ1v) is 6.30. The van der Waals surface area contributed by atoms with Crippen LogP contribution in [-0.2, 0) is 4.74 Å². The van der Waals surface area contributed by atoms with E-state index in [4.69, 9.17) is 4.74 Å². The number of likely N-dealkylation sites (N-methyl/N-ethyl adjacent to an activating group) is 1. The lowest BCUT2D eigenvalue weighted by Crippen LogP contribution is -2.45. The van der Waals surface area contributed by atoms with E-state index in [2.05, 4.69) is 37.2 Å². The number of rotatable bonds is 9. The highest BCUT2D eigenvalue weighted by molar-refractivity contribution is 5.04. The Morgan fingerprint density at radius 1 is 1.41 bits per heavy atom. The standard InChI is InChI=1S/C13H27N3O/c1-12(2)15-13(3,11-14)7-6-8-16(4)9-10-17-5/h12,15H,6-10H2,1-5H3. The predicted molar refractivity (Wildman–Crippen MR) is 70.9 cm³/mol. The van der Waals surface area contributed by atoms with Crippen molar-refractivity contribution in [3.63, 3.8) is 0 Å². The van der Waals surface area contributed by atoms with E-state index in [1.807, 2.05) is 6.92 Å². The van der Waals surface area contributed by atoms with E-state index in [0.717, 1.165) is 32.5 Å². The van der Waals surface area contributed by atoms with Crippen molar-refractivity contribution in [1.82, 2.24) is 10.2 Å². The molecule has 0 aromatic carbocycles. The highest BCUT2D eigenvalue weighted by Gasteiger charge is 2.23. The normalized spacial score (nSPS) is 14.9. The van der Waals surface area contributed by atoms with Crippen LogP contribution in [0.15, 0.2) is 0 Å². The molecule has 0 amide bonds. The maximum absolute atomic E-state index is 9.19. The third kappa shape index (κ3) is 8.14. The van der Waals surface area contributed by atoms with E-state index in [9.17, 15) is 5.26 Å². The molecule has 0 aliphatic rings. The van der Waals surface area contributed by atoms with Gasteiger partial charge in [-0.3, -0.25) is 5.32 Å². The monoisotopic (exact) mass is 241 g/mol. The zero-order valence-electron chi connectivity index (χ0n) is 11.9. The summed E-state index contributed by atoms with van der Waals surface area (Å²) >= 11 is 0. The van der Waals surface area contributed by atoms with Crippen molar-refractivity contribution in [2.45, 2.75) is 45.2 Å². The van der Waals surface area contributed by atoms with Crippen LogP contribution in [0.25, 0.3) is 0 Å². The molecule has 0 spiro atoms. The molecule has 0 aliphatic heterocycles. The largest absolute Gasteiger partial charge is 0.383 e. The van der Waals surface area contributed by atoms with E-state index >= 15 is 0 Å². The predicted octanol–water partition coefficient (Wildman–Crippen LogP) is 1.63. The summed E-state index contributed by atoms with van der Waals surface area (Å²) in [7, 11) is 3.80. The maximum atomic E-state index is 9.19. The van der Waals surface area contributed by atoms with Crippen LogP contribution >= 0.6 is 0 Å². The lowest BCUT2D eigenvalue weighted by molar-refractivity contribution is 0.159. The Bertz CT molecular complexity index is 237. The van der Waals surface area contributed by atoms with Crippen LogP contribution in [0.4, 0.5) is 0 Å². The molecule has 0 saturated heterocycles. The van der Waals surface area contributed by atoms with Gasteiger partial charge in [-0.15, -0.1) is 0 Å². The fraction of sp³-hybridized carbons (Fsp3) is 0.923. The first kappa shape index (κ1) is 16.4. The summed E-state index contributed by atoms with van der Waals surface area (Å²) in [6.07, 6.45) is 1.89. The molecular formula is C13H27N3O. The molecule has 0 aliphatic carbocycles. The molecule has 100 valence electrons. The highest BCUT2D eigenvalue weighted by atomic mass is 16.5. The smallest absolute Gasteiger partial charge is 0.104 e. The molecule has 4 nitrogen and oxygen atoms in total. The Labute approximate surface area is 106 Å². The first-order chi connectivity index (χ1) is 7.93. The van der Waals surface area contributed by atoms with Gasteiger partial charge < -0.3 is 9.64 Å². The number of nitrogens with zero attached hydrogens (tertiary/aromatic N) is 2. The van der Waals surface area contributed by atoms with Crippen LogP contribution in [0, 0.1) is 11.3 Å². The maximum Gasteiger partial charge on any atom is 0.104 e. The highest BCUT2D eigenvalue weighted by Crippen LogP contribution is 2.12. The van der Waals surface area contributed by atoms with Crippen LogP contribution in [0.5, 0.6) is 0 Å². The molecule has 1 unspecified atom stereocenters. The van der Waals surface area contributed by atoms with Crippen molar-refractivity contribution in [2.24, 2.45) is 0 Å². The van der Waals surface area contributed by atoms with Crippen LogP contribution in [0.2, 0.25) is 0 Å². The van der Waals surface area contributed by atoms with Gasteiger partial charge in [-0.1, -0.05) is 0 Å². The van der Waals surface area contributed by atoms with Gasteiger partial charge in [0, 0.05) is 19.7 Å². The topological polar surface area (TPSA) is 48.3 Å². The fourth-order valence-corrected chi connectivity index (χ4v) is 1.86. The molecule has 0 aromatic heterocycles. The van der Waals surface area contributed by atoms with E-state index in [0.29, 0.717) is 6.04 Å². The van der Waals surface area contributed by atoms with Crippen molar-refractivity contribution in [3.8, 4) is 6.07 Å². The molecule has 0 aromatic rings. The molecule has 4 heteroatoms. The summed E-state index contributed by atoms with van der Waals surface area (Å²) in [5.41, 5.74) is -0.406. The second kappa shape index (κ2) is 8.46. The minimum absolute atomic E-state index is 0.339. The molecule has 0 heterocycles. The summed E-state index contributed by atoms with van der Waals surface area (Å²) in [6, 6.07) is 2.71. The lowest BCUT2D eigenvalue weighted by Gasteiger charge is -2.26.